The van der Waals surface area contributed by atoms with Crippen LogP contribution in [0.25, 0.3) is 0 Å². The van der Waals surface area contributed by atoms with Crippen LogP contribution in [-0.4, -0.2) is 70.0 Å². The molecule has 0 radical (unpaired) electrons. The van der Waals surface area contributed by atoms with E-state index in [4.69, 9.17) is 18.5 Å². The van der Waals surface area contributed by atoms with E-state index in [-0.39, 0.29) is 32.0 Å². The van der Waals surface area contributed by atoms with Crippen LogP contribution in [-0.2, 0) is 32.7 Å². The Morgan fingerprint density at radius 2 is 0.536 bits per heavy atom. The topological polar surface area (TPSA) is 111 Å². The van der Waals surface area contributed by atoms with E-state index >= 15 is 0 Å². The van der Waals surface area contributed by atoms with E-state index in [0.717, 1.165) is 32.1 Å². The fourth-order valence-corrected chi connectivity index (χ4v) is 12.6. The molecule has 0 rings (SSSR count). The van der Waals surface area contributed by atoms with Gasteiger partial charge in [-0.15, -0.1) is 0 Å². The second-order valence-electron chi connectivity index (χ2n) is 27.4. The number of esters is 2. The Morgan fingerprint density at radius 1 is 0.321 bits per heavy atom. The fraction of sp³-hybridized carbons (Fsp3) is 0.973. The number of nitrogens with zero attached hydrogens (tertiary/aromatic N) is 1. The molecule has 10 heteroatoms. The van der Waals surface area contributed by atoms with Gasteiger partial charge in [0, 0.05) is 12.8 Å². The van der Waals surface area contributed by atoms with Crippen molar-refractivity contribution in [1.29, 1.82) is 0 Å². The Bertz CT molecular complexity index is 1370. The van der Waals surface area contributed by atoms with Crippen LogP contribution in [0.15, 0.2) is 0 Å². The number of hydrogen-bond acceptors (Lipinski definition) is 8. The summed E-state index contributed by atoms with van der Waals surface area (Å²) >= 11 is 0. The van der Waals surface area contributed by atoms with Gasteiger partial charge in [-0.05, 0) is 12.8 Å². The average Bonchev–Trinajstić information content (AvgIpc) is 3.61. The Morgan fingerprint density at radius 3 is 0.762 bits per heavy atom. The normalized spacial score (nSPS) is 13.0. The SMILES string of the molecule is CCCCCCCCCCCCCCCCCCCCCCCCCCCCCCCCCCCCCCCCCCCC(=O)OC(COC(=O)CCCCCCCCCCCCCCCCCCCCC)COP(=O)([O-])OCC[N+](C)(C)C. The zero-order valence-corrected chi connectivity index (χ0v) is 58.3. The van der Waals surface area contributed by atoms with Crippen molar-refractivity contribution in [2.45, 2.75) is 418 Å². The molecule has 2 atom stereocenters. The molecule has 0 aromatic rings. The minimum absolute atomic E-state index is 0.0248. The molecule has 0 aliphatic carbocycles. The summed E-state index contributed by atoms with van der Waals surface area (Å²) < 4.78 is 34.3. The molecule has 0 aromatic carbocycles. The molecule has 0 amide bonds. The lowest BCUT2D eigenvalue weighted by molar-refractivity contribution is -0.870. The van der Waals surface area contributed by atoms with Crippen molar-refractivity contribution in [3.63, 3.8) is 0 Å². The van der Waals surface area contributed by atoms with Gasteiger partial charge in [0.1, 0.15) is 19.8 Å². The number of carbonyl (C=O) groups excluding carboxylic acids is 2. The second-order valence-corrected chi connectivity index (χ2v) is 28.8. The Balaban J connectivity index is 3.82. The van der Waals surface area contributed by atoms with Gasteiger partial charge in [0.25, 0.3) is 7.82 Å². The first-order chi connectivity index (χ1) is 41.0. The molecule has 0 bridgehead atoms. The van der Waals surface area contributed by atoms with Gasteiger partial charge in [-0.3, -0.25) is 14.2 Å². The van der Waals surface area contributed by atoms with E-state index in [2.05, 4.69) is 13.8 Å². The van der Waals surface area contributed by atoms with Gasteiger partial charge >= 0.3 is 11.9 Å². The molecule has 0 saturated heterocycles. The number of hydrogen-bond donors (Lipinski definition) is 0. The van der Waals surface area contributed by atoms with Crippen LogP contribution >= 0.6 is 7.82 Å². The summed E-state index contributed by atoms with van der Waals surface area (Å²) in [5.74, 6) is -0.804. The van der Waals surface area contributed by atoms with Gasteiger partial charge in [-0.1, -0.05) is 386 Å². The summed E-state index contributed by atoms with van der Waals surface area (Å²) in [6.07, 6.45) is 80.9. The summed E-state index contributed by atoms with van der Waals surface area (Å²) in [6, 6.07) is 0. The number of carbonyl (C=O) groups is 2. The number of quaternary nitrogens is 1. The monoisotopic (exact) mass is 1210 g/mol. The molecular weight excluding hydrogens is 1060 g/mol. The van der Waals surface area contributed by atoms with Crippen molar-refractivity contribution >= 4 is 19.8 Å². The highest BCUT2D eigenvalue weighted by Crippen LogP contribution is 2.38. The molecule has 9 nitrogen and oxygen atoms in total. The van der Waals surface area contributed by atoms with Gasteiger partial charge in [-0.25, -0.2) is 0 Å². The summed E-state index contributed by atoms with van der Waals surface area (Å²) in [4.78, 5) is 38.0. The molecule has 0 fully saturated rings. The summed E-state index contributed by atoms with van der Waals surface area (Å²) in [6.45, 7) is 4.33. The third kappa shape index (κ3) is 70.1. The maximum Gasteiger partial charge on any atom is 0.306 e. The number of ether oxygens (including phenoxy) is 2. The van der Waals surface area contributed by atoms with E-state index in [0.29, 0.717) is 17.4 Å². The number of phosphoric ester groups is 1. The summed E-state index contributed by atoms with van der Waals surface area (Å²) in [7, 11) is 1.20. The predicted molar refractivity (Wildman–Crippen MR) is 361 cm³/mol. The summed E-state index contributed by atoms with van der Waals surface area (Å²) in [5, 5.41) is 0. The Hall–Kier alpha value is -0.990. The molecule has 0 saturated carbocycles. The van der Waals surface area contributed by atoms with E-state index in [1.54, 1.807) is 0 Å². The van der Waals surface area contributed by atoms with E-state index in [1.807, 2.05) is 21.1 Å². The first-order valence-corrected chi connectivity index (χ1v) is 39.2. The smallest absolute Gasteiger partial charge is 0.306 e. The predicted octanol–water partition coefficient (Wildman–Crippen LogP) is 23.9. The second kappa shape index (κ2) is 66.4. The molecule has 0 spiro atoms. The van der Waals surface area contributed by atoms with E-state index < -0.39 is 26.5 Å². The molecule has 2 unspecified atom stereocenters. The minimum atomic E-state index is -4.63. The molecule has 0 heterocycles. The van der Waals surface area contributed by atoms with Gasteiger partial charge in [0.05, 0.1) is 27.7 Å². The maximum atomic E-state index is 12.9. The van der Waals surface area contributed by atoms with Crippen molar-refractivity contribution in [3.8, 4) is 0 Å². The highest BCUT2D eigenvalue weighted by Gasteiger charge is 2.22. The van der Waals surface area contributed by atoms with Crippen LogP contribution in [0.3, 0.4) is 0 Å². The standard InChI is InChI=1S/C74H148NO8P/c1-6-8-10-12-14-16-18-20-22-24-26-27-28-29-30-31-32-33-34-35-36-37-38-39-40-41-42-43-44-45-46-47-49-51-53-55-57-59-61-63-65-67-74(77)83-72(71-82-84(78,79)81-69-68-75(3,4)5)70-80-73(76)66-64-62-60-58-56-54-52-50-48-25-23-21-19-17-15-13-11-9-7-2/h72H,6-71H2,1-5H3. The number of phosphoric acid groups is 1. The van der Waals surface area contributed by atoms with Gasteiger partial charge in [0.15, 0.2) is 6.10 Å². The van der Waals surface area contributed by atoms with Crippen molar-refractivity contribution in [2.24, 2.45) is 0 Å². The highest BCUT2D eigenvalue weighted by atomic mass is 31.2. The van der Waals surface area contributed by atoms with Gasteiger partial charge in [0.2, 0.25) is 0 Å². The van der Waals surface area contributed by atoms with Gasteiger partial charge in [-0.2, -0.15) is 0 Å². The van der Waals surface area contributed by atoms with Crippen LogP contribution in [0.1, 0.15) is 412 Å². The Kier molecular flexibility index (Phi) is 65.6. The quantitative estimate of drug-likeness (QED) is 0.0256. The molecular formula is C74H148NO8P. The van der Waals surface area contributed by atoms with Crippen molar-refractivity contribution in [3.05, 3.63) is 0 Å². The molecule has 84 heavy (non-hydrogen) atoms. The van der Waals surface area contributed by atoms with Crippen LogP contribution in [0.2, 0.25) is 0 Å². The third-order valence-corrected chi connectivity index (χ3v) is 18.6. The van der Waals surface area contributed by atoms with Crippen LogP contribution in [0.5, 0.6) is 0 Å². The molecule has 0 aliphatic heterocycles. The first-order valence-electron chi connectivity index (χ1n) is 37.7. The van der Waals surface area contributed by atoms with Gasteiger partial charge < -0.3 is 27.9 Å². The van der Waals surface area contributed by atoms with E-state index in [1.165, 1.54) is 347 Å². The van der Waals surface area contributed by atoms with Crippen LogP contribution in [0, 0.1) is 0 Å². The molecule has 0 N–H and O–H groups in total. The average molecular weight is 1210 g/mol. The van der Waals surface area contributed by atoms with Crippen LogP contribution < -0.4 is 4.89 Å². The third-order valence-electron chi connectivity index (χ3n) is 17.6. The Labute approximate surface area is 524 Å². The molecule has 0 aromatic heterocycles. The molecule has 502 valence electrons. The fourth-order valence-electron chi connectivity index (χ4n) is 11.8. The molecule has 0 aliphatic rings. The zero-order valence-electron chi connectivity index (χ0n) is 57.4. The lowest BCUT2D eigenvalue weighted by atomic mass is 10.0. The number of likely N-dealkylation sites (N-methyl/N-ethyl adjacent to an activating group) is 1. The highest BCUT2D eigenvalue weighted by molar-refractivity contribution is 7.45. The lowest BCUT2D eigenvalue weighted by Gasteiger charge is -2.28. The largest absolute Gasteiger partial charge is 0.756 e. The first kappa shape index (κ1) is 83.0. The zero-order chi connectivity index (χ0) is 61.2. The number of rotatable bonds is 72. The summed E-state index contributed by atoms with van der Waals surface area (Å²) in [5.41, 5.74) is 0. The minimum Gasteiger partial charge on any atom is -0.756 e. The lowest BCUT2D eigenvalue weighted by Crippen LogP contribution is -2.37. The maximum absolute atomic E-state index is 12.9. The van der Waals surface area contributed by atoms with Crippen molar-refractivity contribution in [1.82, 2.24) is 0 Å². The number of unbranched alkanes of at least 4 members (excludes halogenated alkanes) is 58. The van der Waals surface area contributed by atoms with Crippen molar-refractivity contribution < 1.29 is 42.1 Å². The van der Waals surface area contributed by atoms with Crippen molar-refractivity contribution in [2.75, 3.05) is 47.5 Å². The van der Waals surface area contributed by atoms with E-state index in [9.17, 15) is 19.0 Å². The van der Waals surface area contributed by atoms with Crippen LogP contribution in [0.4, 0.5) is 0 Å².